The summed E-state index contributed by atoms with van der Waals surface area (Å²) in [4.78, 5) is 11.5. The topological polar surface area (TPSA) is 61.8 Å². The average Bonchev–Trinajstić information content (AvgIpc) is 2.47. The van der Waals surface area contributed by atoms with E-state index in [1.807, 2.05) is 0 Å². The Bertz CT molecular complexity index is 493. The lowest BCUT2D eigenvalue weighted by Gasteiger charge is -2.20. The maximum absolute atomic E-state index is 14.4. The fourth-order valence-corrected chi connectivity index (χ4v) is 3.30. The van der Waals surface area contributed by atoms with Gasteiger partial charge in [-0.15, -0.1) is 0 Å². The number of esters is 1. The first-order chi connectivity index (χ1) is 9.98. The highest BCUT2D eigenvalue weighted by Crippen LogP contribution is 2.61. The minimum atomic E-state index is -3.87. The largest absolute Gasteiger partial charge is 0.462 e. The molecule has 1 unspecified atom stereocenters. The molecule has 0 aromatic heterocycles. The first-order valence-corrected chi connectivity index (χ1v) is 8.39. The molecule has 0 aliphatic heterocycles. The van der Waals surface area contributed by atoms with Crippen LogP contribution in [0.15, 0.2) is 24.3 Å². The van der Waals surface area contributed by atoms with Crippen molar-refractivity contribution in [2.24, 2.45) is 0 Å². The zero-order valence-electron chi connectivity index (χ0n) is 12.4. The van der Waals surface area contributed by atoms with E-state index in [0.717, 1.165) is 0 Å². The second-order valence-corrected chi connectivity index (χ2v) is 6.10. The van der Waals surface area contributed by atoms with Crippen molar-refractivity contribution in [3.63, 3.8) is 0 Å². The maximum atomic E-state index is 14.4. The molecule has 118 valence electrons. The molecule has 0 bridgehead atoms. The summed E-state index contributed by atoms with van der Waals surface area (Å²) in [6, 6.07) is 5.59. The van der Waals surface area contributed by atoms with Crippen molar-refractivity contribution in [2.45, 2.75) is 26.7 Å². The molecule has 7 heteroatoms. The molecule has 0 saturated heterocycles. The van der Waals surface area contributed by atoms with Gasteiger partial charge in [-0.1, -0.05) is 12.1 Å². The highest BCUT2D eigenvalue weighted by atomic mass is 31.2. The predicted octanol–water partition coefficient (Wildman–Crippen LogP) is 4.10. The van der Waals surface area contributed by atoms with Gasteiger partial charge in [0.2, 0.25) is 5.91 Å². The highest BCUT2D eigenvalue weighted by Gasteiger charge is 2.37. The molecule has 0 aliphatic rings. The van der Waals surface area contributed by atoms with E-state index in [0.29, 0.717) is 5.56 Å². The van der Waals surface area contributed by atoms with E-state index in [1.54, 1.807) is 20.8 Å². The summed E-state index contributed by atoms with van der Waals surface area (Å²) in [7, 11) is -3.87. The number of hydrogen-bond donors (Lipinski definition) is 0. The van der Waals surface area contributed by atoms with Crippen molar-refractivity contribution in [1.29, 1.82) is 0 Å². The molecule has 0 radical (unpaired) electrons. The van der Waals surface area contributed by atoms with Gasteiger partial charge in [0.05, 0.1) is 25.4 Å². The minimum absolute atomic E-state index is 0.0820. The fraction of sp³-hybridized carbons (Fsp3) is 0.500. The van der Waals surface area contributed by atoms with Gasteiger partial charge in [0.15, 0.2) is 0 Å². The molecule has 0 N–H and O–H groups in total. The molecule has 1 atom stereocenters. The SMILES string of the molecule is CCOC(=O)c1ccc(C(F)P(=O)(OCC)OCC)cc1. The molecule has 0 spiro atoms. The smallest absolute Gasteiger partial charge is 0.369 e. The van der Waals surface area contributed by atoms with Gasteiger partial charge in [-0.3, -0.25) is 4.57 Å². The van der Waals surface area contributed by atoms with Crippen molar-refractivity contribution in [2.75, 3.05) is 19.8 Å². The Kier molecular flexibility index (Phi) is 7.02. The molecule has 0 aliphatic carbocycles. The van der Waals surface area contributed by atoms with E-state index in [4.69, 9.17) is 13.8 Å². The van der Waals surface area contributed by atoms with E-state index >= 15 is 0 Å². The van der Waals surface area contributed by atoms with Crippen molar-refractivity contribution < 1.29 is 27.5 Å². The molecular formula is C14H20FO5P. The van der Waals surface area contributed by atoms with Crippen LogP contribution in [0.4, 0.5) is 4.39 Å². The third kappa shape index (κ3) is 4.63. The molecule has 0 fully saturated rings. The highest BCUT2D eigenvalue weighted by molar-refractivity contribution is 7.54. The van der Waals surface area contributed by atoms with Crippen LogP contribution in [-0.2, 0) is 18.3 Å². The number of hydrogen-bond acceptors (Lipinski definition) is 5. The van der Waals surface area contributed by atoms with E-state index in [1.165, 1.54) is 24.3 Å². The van der Waals surface area contributed by atoms with Crippen LogP contribution in [0.5, 0.6) is 0 Å². The summed E-state index contributed by atoms with van der Waals surface area (Å²) < 4.78 is 41.5. The molecule has 5 nitrogen and oxygen atoms in total. The Balaban J connectivity index is 2.94. The van der Waals surface area contributed by atoms with Gasteiger partial charge in [0.25, 0.3) is 0 Å². The first kappa shape index (κ1) is 17.8. The van der Waals surface area contributed by atoms with Crippen molar-refractivity contribution >= 4 is 13.6 Å². The summed E-state index contributed by atoms with van der Waals surface area (Å²) in [5.74, 6) is -2.38. The fourth-order valence-electron chi connectivity index (χ4n) is 1.70. The molecule has 21 heavy (non-hydrogen) atoms. The number of carbonyl (C=O) groups is 1. The molecule has 1 aromatic carbocycles. The summed E-state index contributed by atoms with van der Waals surface area (Å²) in [5.41, 5.74) is 0.434. The van der Waals surface area contributed by atoms with Gasteiger partial charge >= 0.3 is 13.6 Å². The average molecular weight is 318 g/mol. The normalized spacial score (nSPS) is 13.0. The van der Waals surface area contributed by atoms with Crippen LogP contribution in [0.2, 0.25) is 0 Å². The summed E-state index contributed by atoms with van der Waals surface area (Å²) in [5, 5.41) is 0. The summed E-state index contributed by atoms with van der Waals surface area (Å²) in [6.07, 6.45) is 0. The number of ether oxygens (including phenoxy) is 1. The van der Waals surface area contributed by atoms with Gasteiger partial charge in [-0.05, 0) is 38.5 Å². The van der Waals surface area contributed by atoms with Crippen LogP contribution in [-0.4, -0.2) is 25.8 Å². The van der Waals surface area contributed by atoms with Crippen LogP contribution >= 0.6 is 7.60 Å². The molecule has 1 aromatic rings. The first-order valence-electron chi connectivity index (χ1n) is 6.78. The number of benzene rings is 1. The monoisotopic (exact) mass is 318 g/mol. The summed E-state index contributed by atoms with van der Waals surface area (Å²) >= 11 is 0. The number of rotatable bonds is 8. The quantitative estimate of drug-likeness (QED) is 0.533. The second-order valence-electron chi connectivity index (χ2n) is 4.05. The second kappa shape index (κ2) is 8.27. The van der Waals surface area contributed by atoms with E-state index in [9.17, 15) is 13.8 Å². The standard InChI is InChI=1S/C14H20FO5P/c1-4-18-14(16)12-9-7-11(8-10-12)13(15)21(17,19-5-2)20-6-3/h7-10,13H,4-6H2,1-3H3. The van der Waals surface area contributed by atoms with E-state index in [-0.39, 0.29) is 25.4 Å². The zero-order valence-corrected chi connectivity index (χ0v) is 13.3. The van der Waals surface area contributed by atoms with Crippen molar-refractivity contribution in [1.82, 2.24) is 0 Å². The van der Waals surface area contributed by atoms with Crippen LogP contribution < -0.4 is 0 Å². The van der Waals surface area contributed by atoms with Crippen LogP contribution in [0.25, 0.3) is 0 Å². The van der Waals surface area contributed by atoms with E-state index < -0.39 is 19.5 Å². The Labute approximate surface area is 123 Å². The van der Waals surface area contributed by atoms with Gasteiger partial charge in [0.1, 0.15) is 0 Å². The Hall–Kier alpha value is -1.23. The lowest BCUT2D eigenvalue weighted by atomic mass is 10.1. The lowest BCUT2D eigenvalue weighted by molar-refractivity contribution is 0.0526. The van der Waals surface area contributed by atoms with Crippen LogP contribution in [0.1, 0.15) is 42.6 Å². The molecule has 0 heterocycles. The summed E-state index contributed by atoms with van der Waals surface area (Å²) in [6.45, 7) is 5.35. The number of alkyl halides is 1. The maximum Gasteiger partial charge on any atom is 0.369 e. The van der Waals surface area contributed by atoms with Crippen molar-refractivity contribution in [3.8, 4) is 0 Å². The van der Waals surface area contributed by atoms with Gasteiger partial charge in [-0.2, -0.15) is 0 Å². The molecular weight excluding hydrogens is 298 g/mol. The van der Waals surface area contributed by atoms with Crippen LogP contribution in [0.3, 0.4) is 0 Å². The Morgan fingerprint density at radius 1 is 1.10 bits per heavy atom. The molecule has 0 saturated carbocycles. The third-order valence-electron chi connectivity index (χ3n) is 2.59. The Morgan fingerprint density at radius 3 is 2.05 bits per heavy atom. The predicted molar refractivity (Wildman–Crippen MR) is 77.1 cm³/mol. The minimum Gasteiger partial charge on any atom is -0.462 e. The van der Waals surface area contributed by atoms with E-state index in [2.05, 4.69) is 0 Å². The molecule has 1 rings (SSSR count). The van der Waals surface area contributed by atoms with Gasteiger partial charge in [0, 0.05) is 0 Å². The zero-order chi connectivity index (χ0) is 15.9. The number of carbonyl (C=O) groups excluding carboxylic acids is 1. The number of halogens is 1. The van der Waals surface area contributed by atoms with Gasteiger partial charge in [-0.25, -0.2) is 9.18 Å². The Morgan fingerprint density at radius 2 is 1.62 bits per heavy atom. The lowest BCUT2D eigenvalue weighted by Crippen LogP contribution is -2.06. The van der Waals surface area contributed by atoms with Gasteiger partial charge < -0.3 is 13.8 Å². The molecule has 0 amide bonds. The van der Waals surface area contributed by atoms with Crippen molar-refractivity contribution in [3.05, 3.63) is 35.4 Å². The third-order valence-corrected chi connectivity index (χ3v) is 4.68. The van der Waals surface area contributed by atoms with Crippen LogP contribution in [0, 0.1) is 0 Å².